The van der Waals surface area contributed by atoms with Crippen molar-refractivity contribution in [3.05, 3.63) is 35.9 Å². The van der Waals surface area contributed by atoms with Gasteiger partial charge >= 0.3 is 0 Å². The third kappa shape index (κ3) is 3.58. The van der Waals surface area contributed by atoms with Gasteiger partial charge in [0.25, 0.3) is 0 Å². The summed E-state index contributed by atoms with van der Waals surface area (Å²) in [5, 5.41) is 3.29. The fourth-order valence-electron chi connectivity index (χ4n) is 7.32. The minimum Gasteiger partial charge on any atom is -0.351 e. The minimum atomic E-state index is -0.228. The zero-order valence-corrected chi connectivity index (χ0v) is 17.5. The molecule has 4 atom stereocenters. The summed E-state index contributed by atoms with van der Waals surface area (Å²) >= 11 is 0. The normalized spacial score (nSPS) is 36.2. The van der Waals surface area contributed by atoms with E-state index in [9.17, 15) is 9.59 Å². The van der Waals surface area contributed by atoms with E-state index < -0.39 is 0 Å². The Morgan fingerprint density at radius 1 is 1.00 bits per heavy atom. The van der Waals surface area contributed by atoms with Gasteiger partial charge in [0.15, 0.2) is 0 Å². The van der Waals surface area contributed by atoms with Gasteiger partial charge in [-0.2, -0.15) is 0 Å². The molecule has 4 saturated carbocycles. The van der Waals surface area contributed by atoms with Crippen LogP contribution in [0.1, 0.15) is 51.0 Å². The quantitative estimate of drug-likeness (QED) is 0.853. The number of hydrogen-bond acceptors (Lipinski definition) is 3. The average molecular weight is 396 g/mol. The highest BCUT2D eigenvalue weighted by molar-refractivity contribution is 5.84. The Morgan fingerprint density at radius 3 is 2.28 bits per heavy atom. The molecule has 0 aromatic heterocycles. The fraction of sp³-hybridized carbons (Fsp3) is 0.667. The second-order valence-electron chi connectivity index (χ2n) is 10.3. The minimum absolute atomic E-state index is 0.0593. The van der Waals surface area contributed by atoms with Crippen molar-refractivity contribution in [2.45, 2.75) is 57.5 Å². The fourth-order valence-corrected chi connectivity index (χ4v) is 7.32. The number of piperazine rings is 1. The first kappa shape index (κ1) is 19.1. The summed E-state index contributed by atoms with van der Waals surface area (Å²) in [7, 11) is 0. The van der Waals surface area contributed by atoms with E-state index in [2.05, 4.69) is 45.4 Å². The van der Waals surface area contributed by atoms with Gasteiger partial charge in [-0.15, -0.1) is 0 Å². The number of carbonyl (C=O) groups excluding carboxylic acids is 2. The first-order valence-electron chi connectivity index (χ1n) is 11.3. The molecule has 6 rings (SSSR count). The van der Waals surface area contributed by atoms with E-state index in [-0.39, 0.29) is 16.9 Å². The second kappa shape index (κ2) is 7.12. The molecule has 1 aromatic rings. The number of amides is 2. The van der Waals surface area contributed by atoms with Crippen LogP contribution in [0.15, 0.2) is 30.3 Å². The molecule has 5 fully saturated rings. The number of rotatable bonds is 4. The zero-order chi connectivity index (χ0) is 20.1. The highest BCUT2D eigenvalue weighted by Crippen LogP contribution is 2.62. The highest BCUT2D eigenvalue weighted by Gasteiger charge is 2.61. The van der Waals surface area contributed by atoms with E-state index in [0.29, 0.717) is 17.7 Å². The molecular formula is C24H33N3O2. The van der Waals surface area contributed by atoms with Crippen molar-refractivity contribution in [1.82, 2.24) is 15.1 Å². The molecule has 0 spiro atoms. The lowest BCUT2D eigenvalue weighted by Crippen LogP contribution is -2.66. The molecule has 4 aliphatic carbocycles. The lowest BCUT2D eigenvalue weighted by atomic mass is 9.46. The molecule has 2 unspecified atom stereocenters. The van der Waals surface area contributed by atoms with Gasteiger partial charge in [-0.1, -0.05) is 30.3 Å². The van der Waals surface area contributed by atoms with Crippen molar-refractivity contribution in [2.24, 2.45) is 17.3 Å². The Morgan fingerprint density at radius 2 is 1.66 bits per heavy atom. The first-order valence-corrected chi connectivity index (χ1v) is 11.3. The van der Waals surface area contributed by atoms with Crippen LogP contribution in [0, 0.1) is 17.3 Å². The molecule has 1 aliphatic heterocycles. The van der Waals surface area contributed by atoms with E-state index in [4.69, 9.17) is 0 Å². The highest BCUT2D eigenvalue weighted by atomic mass is 16.2. The first-order chi connectivity index (χ1) is 14.0. The lowest BCUT2D eigenvalue weighted by molar-refractivity contribution is -0.164. The zero-order valence-electron chi connectivity index (χ0n) is 17.5. The van der Waals surface area contributed by atoms with Gasteiger partial charge in [0.2, 0.25) is 11.8 Å². The van der Waals surface area contributed by atoms with Crippen LogP contribution < -0.4 is 5.32 Å². The molecule has 1 N–H and O–H groups in total. The number of carbonyl (C=O) groups is 2. The van der Waals surface area contributed by atoms with Crippen LogP contribution in [0.25, 0.3) is 0 Å². The molecule has 156 valence electrons. The van der Waals surface area contributed by atoms with Gasteiger partial charge < -0.3 is 10.2 Å². The molecule has 2 amide bonds. The predicted octanol–water partition coefficient (Wildman–Crippen LogP) is 2.81. The number of benzene rings is 1. The molecule has 4 bridgehead atoms. The van der Waals surface area contributed by atoms with E-state index in [0.717, 1.165) is 64.8 Å². The maximum absolute atomic E-state index is 13.7. The summed E-state index contributed by atoms with van der Waals surface area (Å²) in [6.07, 6.45) is 6.32. The van der Waals surface area contributed by atoms with Crippen LogP contribution in [-0.2, 0) is 16.1 Å². The maximum Gasteiger partial charge on any atom is 0.228 e. The van der Waals surface area contributed by atoms with Gasteiger partial charge in [-0.05, 0) is 55.9 Å². The second-order valence-corrected chi connectivity index (χ2v) is 10.3. The smallest absolute Gasteiger partial charge is 0.228 e. The maximum atomic E-state index is 13.7. The van der Waals surface area contributed by atoms with Crippen LogP contribution in [0.2, 0.25) is 0 Å². The standard InChI is InChI=1S/C24H33N3O2/c1-18(28)25-24-14-20-11-21(15-24)13-23(12-20,17-24)22(29)27-9-7-26(8-10-27)16-19-5-3-2-4-6-19/h2-6,20-21H,7-17H2,1H3,(H,25,28)/t20-,21+,23?,24?. The molecule has 1 heterocycles. The van der Waals surface area contributed by atoms with E-state index in [1.165, 1.54) is 12.0 Å². The molecule has 0 radical (unpaired) electrons. The van der Waals surface area contributed by atoms with Crippen molar-refractivity contribution in [3.63, 3.8) is 0 Å². The summed E-state index contributed by atoms with van der Waals surface area (Å²) in [6, 6.07) is 10.6. The van der Waals surface area contributed by atoms with Gasteiger partial charge in [-0.25, -0.2) is 0 Å². The summed E-state index contributed by atoms with van der Waals surface area (Å²) in [4.78, 5) is 30.2. The van der Waals surface area contributed by atoms with Crippen molar-refractivity contribution in [1.29, 1.82) is 0 Å². The number of nitrogens with zero attached hydrogens (tertiary/aromatic N) is 2. The summed E-state index contributed by atoms with van der Waals surface area (Å²) in [5.74, 6) is 1.64. The third-order valence-corrected chi connectivity index (χ3v) is 7.86. The van der Waals surface area contributed by atoms with Crippen LogP contribution in [0.5, 0.6) is 0 Å². The van der Waals surface area contributed by atoms with E-state index in [1.54, 1.807) is 6.92 Å². The predicted molar refractivity (Wildman–Crippen MR) is 112 cm³/mol. The molecular weight excluding hydrogens is 362 g/mol. The van der Waals surface area contributed by atoms with Crippen LogP contribution in [0.4, 0.5) is 0 Å². The molecule has 1 aromatic carbocycles. The largest absolute Gasteiger partial charge is 0.351 e. The van der Waals surface area contributed by atoms with Crippen LogP contribution in [-0.4, -0.2) is 53.3 Å². The van der Waals surface area contributed by atoms with Gasteiger partial charge in [0.1, 0.15) is 0 Å². The average Bonchev–Trinajstić information content (AvgIpc) is 2.67. The third-order valence-electron chi connectivity index (χ3n) is 7.86. The molecule has 1 saturated heterocycles. The van der Waals surface area contributed by atoms with Crippen molar-refractivity contribution in [2.75, 3.05) is 26.2 Å². The Bertz CT molecular complexity index is 771. The van der Waals surface area contributed by atoms with Crippen molar-refractivity contribution in [3.8, 4) is 0 Å². The van der Waals surface area contributed by atoms with Crippen LogP contribution in [0.3, 0.4) is 0 Å². The van der Waals surface area contributed by atoms with Gasteiger partial charge in [-0.3, -0.25) is 14.5 Å². The van der Waals surface area contributed by atoms with E-state index >= 15 is 0 Å². The molecule has 29 heavy (non-hydrogen) atoms. The molecule has 5 heteroatoms. The Balaban J connectivity index is 1.26. The van der Waals surface area contributed by atoms with Gasteiger partial charge in [0, 0.05) is 45.2 Å². The summed E-state index contributed by atoms with van der Waals surface area (Å²) in [6.45, 7) is 6.13. The monoisotopic (exact) mass is 395 g/mol. The van der Waals surface area contributed by atoms with Crippen molar-refractivity contribution < 1.29 is 9.59 Å². The van der Waals surface area contributed by atoms with E-state index in [1.807, 2.05) is 0 Å². The lowest BCUT2D eigenvalue weighted by Gasteiger charge is -2.62. The summed E-state index contributed by atoms with van der Waals surface area (Å²) in [5.41, 5.74) is 0.986. The number of nitrogens with one attached hydrogen (secondary N) is 1. The molecule has 5 nitrogen and oxygen atoms in total. The van der Waals surface area contributed by atoms with Gasteiger partial charge in [0.05, 0.1) is 5.41 Å². The van der Waals surface area contributed by atoms with Crippen LogP contribution >= 0.6 is 0 Å². The topological polar surface area (TPSA) is 52.7 Å². The molecule has 5 aliphatic rings. The Labute approximate surface area is 173 Å². The SMILES string of the molecule is CC(=O)NC12C[C@H]3C[C@@H](C1)CC(C(=O)N1CCN(Cc4ccccc4)CC1)(C3)C2. The Hall–Kier alpha value is -1.88. The summed E-state index contributed by atoms with van der Waals surface area (Å²) < 4.78 is 0. The number of hydrogen-bond donors (Lipinski definition) is 1. The Kier molecular flexibility index (Phi) is 4.69. The van der Waals surface area contributed by atoms with Crippen molar-refractivity contribution >= 4 is 11.8 Å².